The fourth-order valence-electron chi connectivity index (χ4n) is 2.61. The lowest BCUT2D eigenvalue weighted by Gasteiger charge is -2.08. The zero-order chi connectivity index (χ0) is 16.4. The van der Waals surface area contributed by atoms with E-state index in [1.807, 2.05) is 15.8 Å². The second-order valence-electron chi connectivity index (χ2n) is 5.37. The molecule has 3 aromatic rings. The minimum Gasteiger partial charge on any atom is -0.359 e. The third-order valence-corrected chi connectivity index (χ3v) is 4.76. The minimum atomic E-state index is -0.0392. The maximum atomic E-state index is 12.7. The molecule has 0 aliphatic carbocycles. The second kappa shape index (κ2) is 6.49. The number of aryl methyl sites for hydroxylation is 2. The van der Waals surface area contributed by atoms with Gasteiger partial charge in [0.15, 0.2) is 0 Å². The van der Waals surface area contributed by atoms with E-state index in [0.29, 0.717) is 35.7 Å². The Morgan fingerprint density at radius 2 is 2.22 bits per heavy atom. The summed E-state index contributed by atoms with van der Waals surface area (Å²) in [5.41, 5.74) is 0.806. The van der Waals surface area contributed by atoms with Gasteiger partial charge in [0.1, 0.15) is 10.5 Å². The molecule has 23 heavy (non-hydrogen) atoms. The Kier molecular flexibility index (Phi) is 4.42. The van der Waals surface area contributed by atoms with Crippen LogP contribution >= 0.6 is 11.3 Å². The van der Waals surface area contributed by atoms with Crippen LogP contribution in [-0.4, -0.2) is 32.1 Å². The number of hydrogen-bond acceptors (Lipinski definition) is 5. The molecule has 0 saturated heterocycles. The van der Waals surface area contributed by atoms with E-state index in [1.54, 1.807) is 11.6 Å². The molecule has 1 amide bonds. The van der Waals surface area contributed by atoms with Gasteiger partial charge in [0, 0.05) is 26.4 Å². The molecule has 7 nitrogen and oxygen atoms in total. The van der Waals surface area contributed by atoms with Gasteiger partial charge in [-0.15, -0.1) is 21.5 Å². The maximum absolute atomic E-state index is 12.7. The molecular weight excluding hydrogens is 314 g/mol. The summed E-state index contributed by atoms with van der Waals surface area (Å²) in [6.45, 7) is 2.71. The lowest BCUT2D eigenvalue weighted by atomic mass is 10.3. The largest absolute Gasteiger partial charge is 0.359 e. The number of carbonyl (C=O) groups is 1. The van der Waals surface area contributed by atoms with Crippen LogP contribution in [0, 0.1) is 0 Å². The molecule has 0 saturated carbocycles. The molecule has 8 heteroatoms. The number of unbranched alkanes of at least 4 members (excludes halogenated alkanes) is 1. The van der Waals surface area contributed by atoms with Crippen molar-refractivity contribution in [3.8, 4) is 0 Å². The van der Waals surface area contributed by atoms with E-state index >= 15 is 0 Å². The van der Waals surface area contributed by atoms with Gasteiger partial charge in [-0.05, 0) is 17.9 Å². The molecular formula is C15H19N5O2S. The topological polar surface area (TPSA) is 81.3 Å². The number of amides is 1. The third kappa shape index (κ3) is 2.74. The van der Waals surface area contributed by atoms with E-state index in [-0.39, 0.29) is 11.5 Å². The molecule has 0 radical (unpaired) electrons. The predicted molar refractivity (Wildman–Crippen MR) is 89.9 cm³/mol. The molecule has 3 rings (SSSR count). The van der Waals surface area contributed by atoms with E-state index in [1.165, 1.54) is 11.3 Å². The van der Waals surface area contributed by atoms with Crippen LogP contribution in [0.5, 0.6) is 0 Å². The first-order valence-electron chi connectivity index (χ1n) is 7.72. The number of rotatable bonds is 6. The van der Waals surface area contributed by atoms with Crippen LogP contribution < -0.4 is 10.9 Å². The van der Waals surface area contributed by atoms with E-state index in [2.05, 4.69) is 22.4 Å². The van der Waals surface area contributed by atoms with Crippen LogP contribution in [0.25, 0.3) is 16.0 Å². The summed E-state index contributed by atoms with van der Waals surface area (Å²) in [5, 5.41) is 12.9. The van der Waals surface area contributed by atoms with Crippen molar-refractivity contribution in [3.05, 3.63) is 27.6 Å². The number of thiophene rings is 1. The standard InChI is InChI=1S/C15H19N5O2S/c1-3-4-8-19-14(22)13-10(7-9-23-13)20-11(17-18-15(19)20)5-6-12(21)16-2/h7,9H,3-6,8H2,1-2H3,(H,16,21). The molecule has 0 atom stereocenters. The molecule has 0 aliphatic rings. The molecule has 122 valence electrons. The molecule has 0 unspecified atom stereocenters. The summed E-state index contributed by atoms with van der Waals surface area (Å²) < 4.78 is 4.31. The second-order valence-corrected chi connectivity index (χ2v) is 6.29. The van der Waals surface area contributed by atoms with Crippen molar-refractivity contribution in [2.45, 2.75) is 39.2 Å². The lowest BCUT2D eigenvalue weighted by molar-refractivity contribution is -0.120. The van der Waals surface area contributed by atoms with Crippen molar-refractivity contribution in [3.63, 3.8) is 0 Å². The molecule has 0 aliphatic heterocycles. The lowest BCUT2D eigenvalue weighted by Crippen LogP contribution is -2.23. The molecule has 0 aromatic carbocycles. The summed E-state index contributed by atoms with van der Waals surface area (Å²) in [7, 11) is 1.61. The zero-order valence-electron chi connectivity index (χ0n) is 13.2. The molecule has 1 N–H and O–H groups in total. The Balaban J connectivity index is 2.16. The monoisotopic (exact) mass is 333 g/mol. The van der Waals surface area contributed by atoms with Crippen molar-refractivity contribution < 1.29 is 4.79 Å². The first-order valence-corrected chi connectivity index (χ1v) is 8.60. The molecule has 0 spiro atoms. The molecule has 0 fully saturated rings. The highest BCUT2D eigenvalue weighted by atomic mass is 32.1. The summed E-state index contributed by atoms with van der Waals surface area (Å²) in [6.07, 6.45) is 2.74. The average molecular weight is 333 g/mol. The highest BCUT2D eigenvalue weighted by molar-refractivity contribution is 7.17. The molecule has 0 bridgehead atoms. The fourth-order valence-corrected chi connectivity index (χ4v) is 3.43. The van der Waals surface area contributed by atoms with E-state index < -0.39 is 0 Å². The van der Waals surface area contributed by atoms with Gasteiger partial charge in [-0.25, -0.2) is 0 Å². The van der Waals surface area contributed by atoms with E-state index in [4.69, 9.17) is 0 Å². The molecule has 3 aromatic heterocycles. The van der Waals surface area contributed by atoms with Crippen LogP contribution in [-0.2, 0) is 17.8 Å². The van der Waals surface area contributed by atoms with Crippen LogP contribution in [0.4, 0.5) is 0 Å². The summed E-state index contributed by atoms with van der Waals surface area (Å²) in [4.78, 5) is 24.2. The van der Waals surface area contributed by atoms with Gasteiger partial charge in [-0.1, -0.05) is 13.3 Å². The van der Waals surface area contributed by atoms with Crippen molar-refractivity contribution in [2.24, 2.45) is 0 Å². The minimum absolute atomic E-state index is 0.0128. The van der Waals surface area contributed by atoms with Crippen molar-refractivity contribution in [2.75, 3.05) is 7.05 Å². The summed E-state index contributed by atoms with van der Waals surface area (Å²) >= 11 is 1.43. The van der Waals surface area contributed by atoms with E-state index in [9.17, 15) is 9.59 Å². The van der Waals surface area contributed by atoms with Gasteiger partial charge in [0.2, 0.25) is 11.7 Å². The van der Waals surface area contributed by atoms with Crippen molar-refractivity contribution in [1.82, 2.24) is 24.5 Å². The number of aromatic nitrogens is 4. The Bertz CT molecular complexity index is 908. The first kappa shape index (κ1) is 15.7. The number of hydrogen-bond donors (Lipinski definition) is 1. The van der Waals surface area contributed by atoms with Crippen LogP contribution in [0.15, 0.2) is 16.2 Å². The molecule has 3 heterocycles. The number of fused-ring (bicyclic) bond motifs is 3. The van der Waals surface area contributed by atoms with Gasteiger partial charge >= 0.3 is 0 Å². The highest BCUT2D eigenvalue weighted by Gasteiger charge is 2.17. The smallest absolute Gasteiger partial charge is 0.272 e. The fraction of sp³-hybridized carbons (Fsp3) is 0.467. The van der Waals surface area contributed by atoms with Gasteiger partial charge in [0.25, 0.3) is 5.56 Å². The van der Waals surface area contributed by atoms with Crippen molar-refractivity contribution >= 4 is 33.2 Å². The van der Waals surface area contributed by atoms with Crippen LogP contribution in [0.3, 0.4) is 0 Å². The number of nitrogens with zero attached hydrogens (tertiary/aromatic N) is 4. The third-order valence-electron chi connectivity index (χ3n) is 3.87. The Morgan fingerprint density at radius 1 is 1.39 bits per heavy atom. The number of nitrogens with one attached hydrogen (secondary N) is 1. The predicted octanol–water partition coefficient (Wildman–Crippen LogP) is 1.58. The van der Waals surface area contributed by atoms with Gasteiger partial charge < -0.3 is 5.32 Å². The summed E-state index contributed by atoms with van der Waals surface area (Å²) in [5.74, 6) is 1.22. The SMILES string of the molecule is CCCCn1c(=O)c2sccc2n2c(CCC(=O)NC)nnc12. The Labute approximate surface area is 137 Å². The summed E-state index contributed by atoms with van der Waals surface area (Å²) in [6, 6.07) is 1.91. The Morgan fingerprint density at radius 3 is 2.96 bits per heavy atom. The quantitative estimate of drug-likeness (QED) is 0.743. The highest BCUT2D eigenvalue weighted by Crippen LogP contribution is 2.20. The maximum Gasteiger partial charge on any atom is 0.272 e. The zero-order valence-corrected chi connectivity index (χ0v) is 14.0. The van der Waals surface area contributed by atoms with Gasteiger partial charge in [-0.2, -0.15) is 0 Å². The van der Waals surface area contributed by atoms with Crippen LogP contribution in [0.2, 0.25) is 0 Å². The average Bonchev–Trinajstić information content (AvgIpc) is 3.19. The van der Waals surface area contributed by atoms with E-state index in [0.717, 1.165) is 18.4 Å². The normalized spacial score (nSPS) is 11.4. The van der Waals surface area contributed by atoms with Gasteiger partial charge in [0.05, 0.1) is 5.52 Å². The van der Waals surface area contributed by atoms with Gasteiger partial charge in [-0.3, -0.25) is 18.6 Å². The Hall–Kier alpha value is -2.22. The van der Waals surface area contributed by atoms with Crippen LogP contribution in [0.1, 0.15) is 32.0 Å². The first-order chi connectivity index (χ1) is 11.2. The number of carbonyl (C=O) groups excluding carboxylic acids is 1. The van der Waals surface area contributed by atoms with Crippen molar-refractivity contribution in [1.29, 1.82) is 0 Å².